The number of aromatic nitrogens is 1. The average Bonchev–Trinajstić information content (AvgIpc) is 3.38. The van der Waals surface area contributed by atoms with E-state index in [9.17, 15) is 14.0 Å². The van der Waals surface area contributed by atoms with Gasteiger partial charge in [-0.25, -0.2) is 14.2 Å². The summed E-state index contributed by atoms with van der Waals surface area (Å²) in [5, 5.41) is 10.4. The Morgan fingerprint density at radius 2 is 2.12 bits per heavy atom. The zero-order valence-corrected chi connectivity index (χ0v) is 15.2. The van der Waals surface area contributed by atoms with E-state index < -0.39 is 6.03 Å². The van der Waals surface area contributed by atoms with Crippen LogP contribution in [-0.2, 0) is 17.9 Å². The molecule has 138 valence electrons. The van der Waals surface area contributed by atoms with Gasteiger partial charge in [-0.05, 0) is 36.5 Å². The number of nitrogens with one attached hydrogen (secondary N) is 3. The molecule has 0 bridgehead atoms. The Balaban J connectivity index is 1.42. The van der Waals surface area contributed by atoms with Crippen molar-refractivity contribution in [1.82, 2.24) is 15.6 Å². The molecule has 26 heavy (non-hydrogen) atoms. The highest BCUT2D eigenvalue weighted by atomic mass is 32.1. The number of carbonyl (C=O) groups is 2. The zero-order chi connectivity index (χ0) is 18.5. The molecule has 1 fully saturated rings. The van der Waals surface area contributed by atoms with Gasteiger partial charge in [0.1, 0.15) is 5.82 Å². The third-order valence-corrected chi connectivity index (χ3v) is 5.11. The van der Waals surface area contributed by atoms with Crippen LogP contribution in [0.15, 0.2) is 29.6 Å². The van der Waals surface area contributed by atoms with Crippen molar-refractivity contribution >= 4 is 28.4 Å². The number of hydrogen-bond acceptors (Lipinski definition) is 4. The van der Waals surface area contributed by atoms with Crippen LogP contribution < -0.4 is 16.0 Å². The lowest BCUT2D eigenvalue weighted by Gasteiger charge is -2.09. The number of halogens is 1. The molecule has 1 aromatic carbocycles. The smallest absolute Gasteiger partial charge is 0.321 e. The molecular formula is C18H21FN4O2S. The van der Waals surface area contributed by atoms with E-state index in [1.165, 1.54) is 23.5 Å². The van der Waals surface area contributed by atoms with Gasteiger partial charge in [-0.2, -0.15) is 0 Å². The fraction of sp³-hybridized carbons (Fsp3) is 0.389. The largest absolute Gasteiger partial charge is 0.350 e. The highest BCUT2D eigenvalue weighted by Crippen LogP contribution is 2.36. The molecule has 1 heterocycles. The van der Waals surface area contributed by atoms with Gasteiger partial charge in [-0.1, -0.05) is 19.1 Å². The lowest BCUT2D eigenvalue weighted by Crippen LogP contribution is -2.30. The molecule has 1 unspecified atom stereocenters. The molecule has 1 aliphatic rings. The second kappa shape index (κ2) is 8.27. The Morgan fingerprint density at radius 3 is 2.85 bits per heavy atom. The van der Waals surface area contributed by atoms with Gasteiger partial charge in [-0.15, -0.1) is 11.3 Å². The number of amides is 3. The van der Waals surface area contributed by atoms with E-state index in [1.807, 2.05) is 6.92 Å². The summed E-state index contributed by atoms with van der Waals surface area (Å²) in [6.07, 6.45) is 2.26. The molecule has 3 rings (SSSR count). The predicted octanol–water partition coefficient (Wildman–Crippen LogP) is 3.27. The second-order valence-corrected chi connectivity index (χ2v) is 7.28. The number of benzene rings is 1. The van der Waals surface area contributed by atoms with Crippen LogP contribution in [-0.4, -0.2) is 16.9 Å². The van der Waals surface area contributed by atoms with E-state index in [4.69, 9.17) is 0 Å². The van der Waals surface area contributed by atoms with E-state index >= 15 is 0 Å². The predicted molar refractivity (Wildman–Crippen MR) is 98.1 cm³/mol. The lowest BCUT2D eigenvalue weighted by molar-refractivity contribution is -0.125. The molecule has 8 heteroatoms. The van der Waals surface area contributed by atoms with E-state index in [1.54, 1.807) is 17.5 Å². The third kappa shape index (κ3) is 5.26. The standard InChI is InChI=1S/C18H21FN4O2S/c1-11(13-5-6-13)16(24)20-9-15-10-26-18(22-15)23-17(25)21-8-12-3-2-4-14(19)7-12/h2-4,7,10-11,13H,5-6,8-9H2,1H3,(H,20,24)(H2,21,22,23,25). The number of thiazole rings is 1. The molecule has 1 aliphatic carbocycles. The van der Waals surface area contributed by atoms with Gasteiger partial charge in [0.25, 0.3) is 0 Å². The maximum atomic E-state index is 13.1. The average molecular weight is 376 g/mol. The van der Waals surface area contributed by atoms with Crippen LogP contribution in [0, 0.1) is 17.7 Å². The molecule has 2 aromatic rings. The van der Waals surface area contributed by atoms with Gasteiger partial charge in [-0.3, -0.25) is 10.1 Å². The maximum absolute atomic E-state index is 13.1. The van der Waals surface area contributed by atoms with Crippen molar-refractivity contribution in [3.05, 3.63) is 46.7 Å². The fourth-order valence-electron chi connectivity index (χ4n) is 2.57. The first kappa shape index (κ1) is 18.3. The molecule has 1 saturated carbocycles. The van der Waals surface area contributed by atoms with E-state index in [-0.39, 0.29) is 24.2 Å². The quantitative estimate of drug-likeness (QED) is 0.694. The van der Waals surface area contributed by atoms with Crippen LogP contribution in [0.25, 0.3) is 0 Å². The molecule has 0 aliphatic heterocycles. The molecule has 0 radical (unpaired) electrons. The molecule has 3 amide bonds. The molecule has 6 nitrogen and oxygen atoms in total. The topological polar surface area (TPSA) is 83.1 Å². The van der Waals surface area contributed by atoms with E-state index in [2.05, 4.69) is 20.9 Å². The van der Waals surface area contributed by atoms with Gasteiger partial charge in [0.2, 0.25) is 5.91 Å². The Bertz CT molecular complexity index is 791. The van der Waals surface area contributed by atoms with Gasteiger partial charge >= 0.3 is 6.03 Å². The van der Waals surface area contributed by atoms with Crippen molar-refractivity contribution < 1.29 is 14.0 Å². The Labute approximate surface area is 155 Å². The van der Waals surface area contributed by atoms with Crippen molar-refractivity contribution in [1.29, 1.82) is 0 Å². The van der Waals surface area contributed by atoms with Crippen LogP contribution in [0.3, 0.4) is 0 Å². The van der Waals surface area contributed by atoms with Crippen LogP contribution in [0.4, 0.5) is 14.3 Å². The van der Waals surface area contributed by atoms with Crippen molar-refractivity contribution in [3.8, 4) is 0 Å². The van der Waals surface area contributed by atoms with Crippen molar-refractivity contribution in [2.75, 3.05) is 5.32 Å². The Hall–Kier alpha value is -2.48. The van der Waals surface area contributed by atoms with Gasteiger partial charge in [0.05, 0.1) is 12.2 Å². The number of carbonyl (C=O) groups excluding carboxylic acids is 2. The highest BCUT2D eigenvalue weighted by Gasteiger charge is 2.32. The van der Waals surface area contributed by atoms with Crippen molar-refractivity contribution in [2.45, 2.75) is 32.9 Å². The summed E-state index contributed by atoms with van der Waals surface area (Å²) in [7, 11) is 0. The third-order valence-electron chi connectivity index (χ3n) is 4.30. The fourth-order valence-corrected chi connectivity index (χ4v) is 3.27. The Kier molecular flexibility index (Phi) is 5.82. The molecule has 1 aromatic heterocycles. The Morgan fingerprint density at radius 1 is 1.31 bits per heavy atom. The summed E-state index contributed by atoms with van der Waals surface area (Å²) in [5.74, 6) is 0.263. The number of nitrogens with zero attached hydrogens (tertiary/aromatic N) is 1. The van der Waals surface area contributed by atoms with Gasteiger partial charge < -0.3 is 10.6 Å². The summed E-state index contributed by atoms with van der Waals surface area (Å²) in [5.41, 5.74) is 1.37. The normalized spacial score (nSPS) is 14.5. The SMILES string of the molecule is CC(C(=O)NCc1csc(NC(=O)NCc2cccc(F)c2)n1)C1CC1. The summed E-state index contributed by atoms with van der Waals surface area (Å²) in [6.45, 7) is 2.51. The maximum Gasteiger partial charge on any atom is 0.321 e. The summed E-state index contributed by atoms with van der Waals surface area (Å²) in [4.78, 5) is 28.2. The summed E-state index contributed by atoms with van der Waals surface area (Å²) in [6, 6.07) is 5.63. The van der Waals surface area contributed by atoms with Crippen LogP contribution in [0.1, 0.15) is 31.0 Å². The summed E-state index contributed by atoms with van der Waals surface area (Å²) < 4.78 is 13.1. The molecule has 1 atom stereocenters. The van der Waals surface area contributed by atoms with Crippen LogP contribution in [0.5, 0.6) is 0 Å². The number of urea groups is 1. The molecule has 3 N–H and O–H groups in total. The molecule has 0 saturated heterocycles. The lowest BCUT2D eigenvalue weighted by atomic mass is 10.1. The minimum atomic E-state index is -0.415. The summed E-state index contributed by atoms with van der Waals surface area (Å²) >= 11 is 1.29. The first-order valence-corrected chi connectivity index (χ1v) is 9.40. The minimum absolute atomic E-state index is 0.0415. The second-order valence-electron chi connectivity index (χ2n) is 6.43. The van der Waals surface area contributed by atoms with Crippen molar-refractivity contribution in [3.63, 3.8) is 0 Å². The zero-order valence-electron chi connectivity index (χ0n) is 14.4. The van der Waals surface area contributed by atoms with E-state index in [0.717, 1.165) is 12.8 Å². The van der Waals surface area contributed by atoms with Gasteiger partial charge in [0, 0.05) is 17.8 Å². The first-order chi connectivity index (χ1) is 12.5. The molecular weight excluding hydrogens is 355 g/mol. The van der Waals surface area contributed by atoms with Gasteiger partial charge in [0.15, 0.2) is 5.13 Å². The first-order valence-electron chi connectivity index (χ1n) is 8.52. The number of rotatable bonds is 7. The number of anilines is 1. The minimum Gasteiger partial charge on any atom is -0.350 e. The van der Waals surface area contributed by atoms with Crippen LogP contribution in [0.2, 0.25) is 0 Å². The monoisotopic (exact) mass is 376 g/mol. The molecule has 0 spiro atoms. The van der Waals surface area contributed by atoms with E-state index in [0.29, 0.717) is 28.9 Å². The van der Waals surface area contributed by atoms with Crippen molar-refractivity contribution in [2.24, 2.45) is 11.8 Å². The van der Waals surface area contributed by atoms with Crippen LogP contribution >= 0.6 is 11.3 Å². The highest BCUT2D eigenvalue weighted by molar-refractivity contribution is 7.13. The number of hydrogen-bond donors (Lipinski definition) is 3.